The van der Waals surface area contributed by atoms with Gasteiger partial charge in [0.25, 0.3) is 5.91 Å². The van der Waals surface area contributed by atoms with Crippen molar-refractivity contribution in [3.63, 3.8) is 0 Å². The molecule has 132 valence electrons. The molecule has 0 aliphatic heterocycles. The van der Waals surface area contributed by atoms with Crippen molar-refractivity contribution in [1.29, 1.82) is 0 Å². The van der Waals surface area contributed by atoms with Crippen LogP contribution in [0.25, 0.3) is 11.0 Å². The molecule has 0 radical (unpaired) electrons. The highest BCUT2D eigenvalue weighted by atomic mass is 16.2. The number of fused-ring (bicyclic) bond motifs is 1. The molecular formula is C19H25N5O. The highest BCUT2D eigenvalue weighted by molar-refractivity contribution is 5.92. The lowest BCUT2D eigenvalue weighted by atomic mass is 9.92. The van der Waals surface area contributed by atoms with Gasteiger partial charge >= 0.3 is 0 Å². The first-order chi connectivity index (χ1) is 11.8. The summed E-state index contributed by atoms with van der Waals surface area (Å²) in [4.78, 5) is 20.6. The lowest BCUT2D eigenvalue weighted by Crippen LogP contribution is -2.32. The Hall–Kier alpha value is -2.63. The normalized spacial score (nSPS) is 13.4. The fraction of sp³-hybridized carbons (Fsp3) is 0.421. The zero-order valence-electron chi connectivity index (χ0n) is 15.3. The Morgan fingerprint density at radius 1 is 1.20 bits per heavy atom. The average molecular weight is 339 g/mol. The molecule has 1 atom stereocenters. The molecule has 2 aromatic heterocycles. The van der Waals surface area contributed by atoms with E-state index in [0.29, 0.717) is 5.69 Å². The SMILES string of the molecule is CC(C)C(NC(=O)c1cc(C(C)(C)C)[nH]n1)c1nc2ccccc2[nH]1. The Bertz CT molecular complexity index is 851. The fourth-order valence-electron chi connectivity index (χ4n) is 2.71. The molecule has 0 aliphatic carbocycles. The highest BCUT2D eigenvalue weighted by Gasteiger charge is 2.25. The molecule has 25 heavy (non-hydrogen) atoms. The zero-order chi connectivity index (χ0) is 18.2. The van der Waals surface area contributed by atoms with Crippen LogP contribution in [0.1, 0.15) is 62.7 Å². The van der Waals surface area contributed by atoms with Crippen LogP contribution in [0.2, 0.25) is 0 Å². The number of imidazole rings is 1. The van der Waals surface area contributed by atoms with E-state index in [2.05, 4.69) is 60.1 Å². The van der Waals surface area contributed by atoms with Crippen LogP contribution in [-0.2, 0) is 5.41 Å². The van der Waals surface area contributed by atoms with Gasteiger partial charge in [0, 0.05) is 11.1 Å². The number of hydrogen-bond acceptors (Lipinski definition) is 3. The van der Waals surface area contributed by atoms with Crippen molar-refractivity contribution < 1.29 is 4.79 Å². The van der Waals surface area contributed by atoms with Gasteiger partial charge in [0.1, 0.15) is 11.5 Å². The van der Waals surface area contributed by atoms with Crippen LogP contribution in [0.5, 0.6) is 0 Å². The molecule has 3 rings (SSSR count). The van der Waals surface area contributed by atoms with Gasteiger partial charge in [-0.1, -0.05) is 46.8 Å². The lowest BCUT2D eigenvalue weighted by Gasteiger charge is -2.19. The van der Waals surface area contributed by atoms with Gasteiger partial charge in [-0.15, -0.1) is 0 Å². The minimum absolute atomic E-state index is 0.0816. The van der Waals surface area contributed by atoms with Gasteiger partial charge in [-0.3, -0.25) is 9.89 Å². The van der Waals surface area contributed by atoms with Crippen molar-refractivity contribution in [3.8, 4) is 0 Å². The molecule has 0 saturated carbocycles. The first-order valence-corrected chi connectivity index (χ1v) is 8.57. The number of aromatic amines is 2. The van der Waals surface area contributed by atoms with Crippen molar-refractivity contribution in [2.24, 2.45) is 5.92 Å². The summed E-state index contributed by atoms with van der Waals surface area (Å²) in [5.41, 5.74) is 3.11. The third kappa shape index (κ3) is 3.57. The minimum atomic E-state index is -0.213. The fourth-order valence-corrected chi connectivity index (χ4v) is 2.71. The molecule has 0 saturated heterocycles. The van der Waals surface area contributed by atoms with Gasteiger partial charge in [-0.25, -0.2) is 4.98 Å². The number of nitrogens with zero attached hydrogens (tertiary/aromatic N) is 2. The van der Waals surface area contributed by atoms with Crippen molar-refractivity contribution in [2.75, 3.05) is 0 Å². The monoisotopic (exact) mass is 339 g/mol. The van der Waals surface area contributed by atoms with E-state index in [4.69, 9.17) is 0 Å². The number of aromatic nitrogens is 4. The Kier molecular flexibility index (Phi) is 4.37. The molecule has 3 aromatic rings. The van der Waals surface area contributed by atoms with Gasteiger partial charge in [0.2, 0.25) is 0 Å². The predicted octanol–water partition coefficient (Wildman–Crippen LogP) is 3.71. The van der Waals surface area contributed by atoms with Crippen LogP contribution >= 0.6 is 0 Å². The van der Waals surface area contributed by atoms with E-state index in [1.165, 1.54) is 0 Å². The standard InChI is InChI=1S/C19H25N5O/c1-11(2)16(17-20-12-8-6-7-9-13(12)21-17)22-18(25)14-10-15(24-23-14)19(3,4)5/h6-11,16H,1-5H3,(H,20,21)(H,22,25)(H,23,24). The Balaban J connectivity index is 1.84. The molecule has 0 spiro atoms. The van der Waals surface area contributed by atoms with Gasteiger partial charge in [0.05, 0.1) is 17.1 Å². The minimum Gasteiger partial charge on any atom is -0.340 e. The van der Waals surface area contributed by atoms with Gasteiger partial charge in [-0.2, -0.15) is 5.10 Å². The van der Waals surface area contributed by atoms with Gasteiger partial charge in [-0.05, 0) is 24.1 Å². The molecule has 0 fully saturated rings. The summed E-state index contributed by atoms with van der Waals surface area (Å²) in [7, 11) is 0. The maximum Gasteiger partial charge on any atom is 0.272 e. The summed E-state index contributed by atoms with van der Waals surface area (Å²) in [6, 6.07) is 9.45. The summed E-state index contributed by atoms with van der Waals surface area (Å²) in [5, 5.41) is 10.2. The van der Waals surface area contributed by atoms with E-state index >= 15 is 0 Å². The topological polar surface area (TPSA) is 86.5 Å². The first kappa shape index (κ1) is 17.2. The largest absolute Gasteiger partial charge is 0.340 e. The van der Waals surface area contributed by atoms with Crippen LogP contribution in [0.15, 0.2) is 30.3 Å². The third-order valence-corrected chi connectivity index (χ3v) is 4.27. The molecule has 2 heterocycles. The molecule has 6 heteroatoms. The average Bonchev–Trinajstić information content (AvgIpc) is 3.18. The number of amides is 1. The summed E-state index contributed by atoms with van der Waals surface area (Å²) in [5.74, 6) is 0.743. The molecule has 0 aliphatic rings. The molecule has 1 amide bonds. The molecule has 3 N–H and O–H groups in total. The van der Waals surface area contributed by atoms with E-state index in [0.717, 1.165) is 22.6 Å². The second kappa shape index (κ2) is 6.35. The molecular weight excluding hydrogens is 314 g/mol. The first-order valence-electron chi connectivity index (χ1n) is 8.57. The quantitative estimate of drug-likeness (QED) is 0.677. The summed E-state index contributed by atoms with van der Waals surface area (Å²) < 4.78 is 0. The Labute approximate surface area is 147 Å². The second-order valence-electron chi connectivity index (χ2n) is 7.75. The van der Waals surface area contributed by atoms with E-state index in [-0.39, 0.29) is 23.3 Å². The summed E-state index contributed by atoms with van der Waals surface area (Å²) in [6.07, 6.45) is 0. The Morgan fingerprint density at radius 3 is 2.52 bits per heavy atom. The smallest absolute Gasteiger partial charge is 0.272 e. The number of para-hydroxylation sites is 2. The van der Waals surface area contributed by atoms with E-state index in [1.807, 2.05) is 30.3 Å². The predicted molar refractivity (Wildman–Crippen MR) is 98.4 cm³/mol. The molecule has 0 bridgehead atoms. The van der Waals surface area contributed by atoms with E-state index in [1.54, 1.807) is 0 Å². The van der Waals surface area contributed by atoms with Crippen LogP contribution in [0, 0.1) is 5.92 Å². The maximum atomic E-state index is 12.7. The van der Waals surface area contributed by atoms with Crippen molar-refractivity contribution >= 4 is 16.9 Å². The van der Waals surface area contributed by atoms with Crippen LogP contribution in [0.3, 0.4) is 0 Å². The van der Waals surface area contributed by atoms with Crippen LogP contribution < -0.4 is 5.32 Å². The van der Waals surface area contributed by atoms with Crippen molar-refractivity contribution in [3.05, 3.63) is 47.5 Å². The highest BCUT2D eigenvalue weighted by Crippen LogP contribution is 2.24. The van der Waals surface area contributed by atoms with Crippen molar-refractivity contribution in [2.45, 2.75) is 46.1 Å². The van der Waals surface area contributed by atoms with Gasteiger partial charge in [0.15, 0.2) is 0 Å². The number of rotatable bonds is 4. The van der Waals surface area contributed by atoms with E-state index in [9.17, 15) is 4.79 Å². The van der Waals surface area contributed by atoms with Gasteiger partial charge < -0.3 is 10.3 Å². The number of nitrogens with one attached hydrogen (secondary N) is 3. The molecule has 1 aromatic carbocycles. The lowest BCUT2D eigenvalue weighted by molar-refractivity contribution is 0.0918. The number of carbonyl (C=O) groups excluding carboxylic acids is 1. The number of hydrogen-bond donors (Lipinski definition) is 3. The van der Waals surface area contributed by atoms with Crippen LogP contribution in [0.4, 0.5) is 0 Å². The van der Waals surface area contributed by atoms with Crippen molar-refractivity contribution in [1.82, 2.24) is 25.5 Å². The molecule has 1 unspecified atom stereocenters. The summed E-state index contributed by atoms with van der Waals surface area (Å²) in [6.45, 7) is 10.3. The zero-order valence-corrected chi connectivity index (χ0v) is 15.3. The summed E-state index contributed by atoms with van der Waals surface area (Å²) >= 11 is 0. The Morgan fingerprint density at radius 2 is 1.92 bits per heavy atom. The van der Waals surface area contributed by atoms with E-state index < -0.39 is 0 Å². The number of H-pyrrole nitrogens is 2. The number of carbonyl (C=O) groups is 1. The second-order valence-corrected chi connectivity index (χ2v) is 7.75. The third-order valence-electron chi connectivity index (χ3n) is 4.27. The van der Waals surface area contributed by atoms with Crippen LogP contribution in [-0.4, -0.2) is 26.1 Å². The maximum absolute atomic E-state index is 12.7. The molecule has 6 nitrogen and oxygen atoms in total. The number of benzene rings is 1.